The van der Waals surface area contributed by atoms with E-state index in [0.717, 1.165) is 29.2 Å². The Bertz CT molecular complexity index is 1610. The lowest BCUT2D eigenvalue weighted by Crippen LogP contribution is -2.17. The molecule has 1 amide bonds. The molecule has 1 aliphatic heterocycles. The van der Waals surface area contributed by atoms with Gasteiger partial charge in [0.05, 0.1) is 24.2 Å². The number of hydrogen-bond acceptors (Lipinski definition) is 6. The standard InChI is InChI=1S/C24H16F3N7O2/c25-15-3-1-13(2-4-15)22-23(33-7-8-36-12-21(33)31-22)16-5-6-20-29-19(11-34(20)32-16)30-24(35)14-9-17(26)28-18(27)10-14/h1-6,9-11H,7-8,12H2,(H,30,35). The predicted molar refractivity (Wildman–Crippen MR) is 121 cm³/mol. The van der Waals surface area contributed by atoms with Crippen molar-refractivity contribution in [2.24, 2.45) is 0 Å². The molecule has 0 atom stereocenters. The minimum absolute atomic E-state index is 0.143. The van der Waals surface area contributed by atoms with E-state index in [4.69, 9.17) is 9.72 Å². The van der Waals surface area contributed by atoms with Crippen molar-refractivity contribution in [3.8, 4) is 22.6 Å². The van der Waals surface area contributed by atoms with Gasteiger partial charge in [0.2, 0.25) is 11.9 Å². The van der Waals surface area contributed by atoms with Crippen molar-refractivity contribution in [3.63, 3.8) is 0 Å². The third-order valence-electron chi connectivity index (χ3n) is 5.68. The first kappa shape index (κ1) is 21.9. The van der Waals surface area contributed by atoms with E-state index in [1.54, 1.807) is 24.3 Å². The lowest BCUT2D eigenvalue weighted by atomic mass is 10.1. The molecule has 5 heterocycles. The van der Waals surface area contributed by atoms with Crippen LogP contribution in [0.4, 0.5) is 19.0 Å². The minimum Gasteiger partial charge on any atom is -0.372 e. The van der Waals surface area contributed by atoms with Gasteiger partial charge in [0.25, 0.3) is 5.91 Å². The summed E-state index contributed by atoms with van der Waals surface area (Å²) in [6, 6.07) is 11.2. The van der Waals surface area contributed by atoms with Gasteiger partial charge in [0.1, 0.15) is 23.9 Å². The molecule has 0 fully saturated rings. The van der Waals surface area contributed by atoms with Crippen LogP contribution in [0.5, 0.6) is 0 Å². The first-order valence-electron chi connectivity index (χ1n) is 10.9. The zero-order valence-corrected chi connectivity index (χ0v) is 18.5. The number of anilines is 1. The van der Waals surface area contributed by atoms with Crippen molar-refractivity contribution in [1.82, 2.24) is 29.1 Å². The van der Waals surface area contributed by atoms with E-state index < -0.39 is 17.8 Å². The van der Waals surface area contributed by atoms with Gasteiger partial charge in [-0.2, -0.15) is 18.9 Å². The molecule has 1 N–H and O–H groups in total. The predicted octanol–water partition coefficient (Wildman–Crippen LogP) is 3.85. The summed E-state index contributed by atoms with van der Waals surface area (Å²) in [7, 11) is 0. The van der Waals surface area contributed by atoms with Gasteiger partial charge in [-0.15, -0.1) is 0 Å². The highest BCUT2D eigenvalue weighted by Crippen LogP contribution is 2.33. The summed E-state index contributed by atoms with van der Waals surface area (Å²) < 4.78 is 49.3. The van der Waals surface area contributed by atoms with E-state index in [0.29, 0.717) is 36.8 Å². The molecular weight excluding hydrogens is 475 g/mol. The van der Waals surface area contributed by atoms with Crippen molar-refractivity contribution in [2.45, 2.75) is 13.2 Å². The van der Waals surface area contributed by atoms with E-state index in [1.807, 2.05) is 4.57 Å². The maximum Gasteiger partial charge on any atom is 0.257 e. The van der Waals surface area contributed by atoms with Gasteiger partial charge in [-0.1, -0.05) is 0 Å². The number of amides is 1. The summed E-state index contributed by atoms with van der Waals surface area (Å²) in [4.78, 5) is 24.5. The normalized spacial score (nSPS) is 13.1. The largest absolute Gasteiger partial charge is 0.372 e. The Hall–Kier alpha value is -4.58. The number of ether oxygens (including phenoxy) is 1. The van der Waals surface area contributed by atoms with Gasteiger partial charge in [-0.3, -0.25) is 4.79 Å². The van der Waals surface area contributed by atoms with Gasteiger partial charge in [0.15, 0.2) is 11.5 Å². The van der Waals surface area contributed by atoms with E-state index in [-0.39, 0.29) is 17.2 Å². The lowest BCUT2D eigenvalue weighted by Gasteiger charge is -2.17. The monoisotopic (exact) mass is 491 g/mol. The van der Waals surface area contributed by atoms with Gasteiger partial charge in [-0.25, -0.2) is 18.9 Å². The highest BCUT2D eigenvalue weighted by Gasteiger charge is 2.24. The molecule has 9 nitrogen and oxygen atoms in total. The number of halogens is 3. The number of rotatable bonds is 4. The molecule has 6 rings (SSSR count). The average Bonchev–Trinajstić information content (AvgIpc) is 3.44. The Morgan fingerprint density at radius 3 is 2.53 bits per heavy atom. The zero-order chi connectivity index (χ0) is 24.8. The topological polar surface area (TPSA) is 99.2 Å². The molecule has 1 aliphatic rings. The molecule has 0 saturated heterocycles. The van der Waals surface area contributed by atoms with Crippen LogP contribution in [0.3, 0.4) is 0 Å². The Kier molecular flexibility index (Phi) is 5.22. The number of carbonyl (C=O) groups excluding carboxylic acids is 1. The highest BCUT2D eigenvalue weighted by molar-refractivity contribution is 6.03. The number of hydrogen-bond donors (Lipinski definition) is 1. The molecule has 0 radical (unpaired) electrons. The SMILES string of the molecule is O=C(Nc1cn2nc(-c3c(-c4ccc(F)cc4)nc4n3CCOC4)ccc2n1)c1cc(F)nc(F)c1. The third kappa shape index (κ3) is 3.96. The minimum atomic E-state index is -1.10. The van der Waals surface area contributed by atoms with Crippen LogP contribution >= 0.6 is 0 Å². The van der Waals surface area contributed by atoms with Crippen LogP contribution in [0, 0.1) is 17.7 Å². The summed E-state index contributed by atoms with van der Waals surface area (Å²) in [5, 5.41) is 7.16. The van der Waals surface area contributed by atoms with Crippen molar-refractivity contribution in [3.05, 3.63) is 83.8 Å². The van der Waals surface area contributed by atoms with Crippen molar-refractivity contribution in [2.75, 3.05) is 11.9 Å². The summed E-state index contributed by atoms with van der Waals surface area (Å²) in [6.45, 7) is 1.43. The van der Waals surface area contributed by atoms with Crippen LogP contribution in [0.2, 0.25) is 0 Å². The summed E-state index contributed by atoms with van der Waals surface area (Å²) in [6.07, 6.45) is 1.48. The number of pyridine rings is 1. The Labute approximate surface area is 201 Å². The summed E-state index contributed by atoms with van der Waals surface area (Å²) >= 11 is 0. The summed E-state index contributed by atoms with van der Waals surface area (Å²) in [5.41, 5.74) is 2.89. The molecule has 0 bridgehead atoms. The third-order valence-corrected chi connectivity index (χ3v) is 5.68. The number of nitrogens with one attached hydrogen (secondary N) is 1. The number of aromatic nitrogens is 6. The molecule has 1 aromatic carbocycles. The first-order valence-corrected chi connectivity index (χ1v) is 10.9. The molecule has 5 aromatic rings. The van der Waals surface area contributed by atoms with E-state index >= 15 is 0 Å². The van der Waals surface area contributed by atoms with Crippen molar-refractivity contribution in [1.29, 1.82) is 0 Å². The maximum atomic E-state index is 13.5. The molecule has 36 heavy (non-hydrogen) atoms. The fourth-order valence-corrected chi connectivity index (χ4v) is 4.09. The molecule has 0 spiro atoms. The molecule has 0 aliphatic carbocycles. The maximum absolute atomic E-state index is 13.5. The van der Waals surface area contributed by atoms with Gasteiger partial charge < -0.3 is 14.6 Å². The second-order valence-corrected chi connectivity index (χ2v) is 8.04. The summed E-state index contributed by atoms with van der Waals surface area (Å²) in [5.74, 6) is -2.43. The molecule has 12 heteroatoms. The number of benzene rings is 1. The second kappa shape index (κ2) is 8.57. The van der Waals surface area contributed by atoms with E-state index in [1.165, 1.54) is 22.8 Å². The Morgan fingerprint density at radius 1 is 0.972 bits per heavy atom. The molecular formula is C24H16F3N7O2. The number of nitrogens with zero attached hydrogens (tertiary/aromatic N) is 6. The van der Waals surface area contributed by atoms with Crippen LogP contribution in [-0.2, 0) is 17.9 Å². The Balaban J connectivity index is 1.38. The first-order chi connectivity index (χ1) is 17.4. The number of fused-ring (bicyclic) bond motifs is 2. The Morgan fingerprint density at radius 2 is 1.75 bits per heavy atom. The fraction of sp³-hybridized carbons (Fsp3) is 0.125. The fourth-order valence-electron chi connectivity index (χ4n) is 4.09. The number of carbonyl (C=O) groups is 1. The van der Waals surface area contributed by atoms with Crippen LogP contribution in [0.25, 0.3) is 28.3 Å². The smallest absolute Gasteiger partial charge is 0.257 e. The van der Waals surface area contributed by atoms with Crippen molar-refractivity contribution < 1.29 is 22.7 Å². The van der Waals surface area contributed by atoms with Crippen LogP contribution in [0.15, 0.2) is 54.7 Å². The molecule has 180 valence electrons. The molecule has 0 unspecified atom stereocenters. The number of imidazole rings is 2. The molecule has 4 aromatic heterocycles. The second-order valence-electron chi connectivity index (χ2n) is 8.04. The van der Waals surface area contributed by atoms with Crippen molar-refractivity contribution >= 4 is 17.4 Å². The van der Waals surface area contributed by atoms with Crippen LogP contribution < -0.4 is 5.32 Å². The van der Waals surface area contributed by atoms with Gasteiger partial charge >= 0.3 is 0 Å². The van der Waals surface area contributed by atoms with Gasteiger partial charge in [0, 0.05) is 29.8 Å². The molecule has 0 saturated carbocycles. The van der Waals surface area contributed by atoms with E-state index in [9.17, 15) is 18.0 Å². The van der Waals surface area contributed by atoms with Crippen LogP contribution in [-0.4, -0.2) is 41.6 Å². The highest BCUT2D eigenvalue weighted by atomic mass is 19.1. The lowest BCUT2D eigenvalue weighted by molar-refractivity contribution is 0.0821. The average molecular weight is 491 g/mol. The zero-order valence-electron chi connectivity index (χ0n) is 18.5. The quantitative estimate of drug-likeness (QED) is 0.384. The van der Waals surface area contributed by atoms with E-state index in [2.05, 4.69) is 20.4 Å². The van der Waals surface area contributed by atoms with Gasteiger partial charge in [-0.05, 0) is 36.4 Å². The van der Waals surface area contributed by atoms with Crippen LogP contribution in [0.1, 0.15) is 16.2 Å².